The fraction of sp³-hybridized carbons (Fsp3) is 0.556. The number of hydrogen-bond donors (Lipinski definition) is 1. The van der Waals surface area contributed by atoms with Crippen molar-refractivity contribution < 1.29 is 18.0 Å². The zero-order valence-electron chi connectivity index (χ0n) is 14.0. The Hall–Kier alpha value is -1.89. The van der Waals surface area contributed by atoms with E-state index in [1.807, 2.05) is 6.07 Å². The minimum Gasteiger partial charge on any atom is -0.352 e. The van der Waals surface area contributed by atoms with Crippen molar-refractivity contribution in [2.75, 3.05) is 23.0 Å². The van der Waals surface area contributed by atoms with Crippen LogP contribution in [0.15, 0.2) is 18.2 Å². The topological polar surface area (TPSA) is 83.5 Å². The van der Waals surface area contributed by atoms with Crippen molar-refractivity contribution in [1.82, 2.24) is 5.32 Å². The minimum atomic E-state index is -3.03. The van der Waals surface area contributed by atoms with E-state index >= 15 is 0 Å². The van der Waals surface area contributed by atoms with Crippen LogP contribution in [0.4, 0.5) is 5.69 Å². The SMILES string of the molecule is O=C(N[C@@H]1CCS(=O)(=O)C1)[C@H]1CC(=O)N(c2ccc3c(c2)CCC3)C1. The molecule has 0 spiro atoms. The van der Waals surface area contributed by atoms with Gasteiger partial charge in [0.1, 0.15) is 0 Å². The normalized spacial score (nSPS) is 27.5. The molecule has 1 aromatic rings. The monoisotopic (exact) mass is 362 g/mol. The van der Waals surface area contributed by atoms with Gasteiger partial charge in [-0.25, -0.2) is 8.42 Å². The van der Waals surface area contributed by atoms with Crippen LogP contribution < -0.4 is 10.2 Å². The van der Waals surface area contributed by atoms with Crippen LogP contribution in [-0.4, -0.2) is 44.3 Å². The van der Waals surface area contributed by atoms with Crippen molar-refractivity contribution >= 4 is 27.3 Å². The largest absolute Gasteiger partial charge is 0.352 e. The van der Waals surface area contributed by atoms with Crippen molar-refractivity contribution in [3.63, 3.8) is 0 Å². The van der Waals surface area contributed by atoms with Crippen LogP contribution in [0.2, 0.25) is 0 Å². The Morgan fingerprint density at radius 1 is 1.20 bits per heavy atom. The molecular formula is C18H22N2O4S. The van der Waals surface area contributed by atoms with Gasteiger partial charge in [-0.2, -0.15) is 0 Å². The Kier molecular flexibility index (Phi) is 4.06. The summed E-state index contributed by atoms with van der Waals surface area (Å²) < 4.78 is 23.0. The molecule has 0 unspecified atom stereocenters. The Morgan fingerprint density at radius 3 is 2.76 bits per heavy atom. The third kappa shape index (κ3) is 3.29. The summed E-state index contributed by atoms with van der Waals surface area (Å²) in [5, 5.41) is 2.81. The molecule has 3 aliphatic rings. The Labute approximate surface area is 147 Å². The molecule has 2 heterocycles. The molecule has 4 rings (SSSR count). The number of benzene rings is 1. The summed E-state index contributed by atoms with van der Waals surface area (Å²) in [5.41, 5.74) is 3.52. The van der Waals surface area contributed by atoms with E-state index in [1.54, 1.807) is 4.90 Å². The predicted octanol–water partition coefficient (Wildman–Crippen LogP) is 0.831. The van der Waals surface area contributed by atoms with Gasteiger partial charge in [-0.05, 0) is 48.9 Å². The van der Waals surface area contributed by atoms with E-state index in [2.05, 4.69) is 17.4 Å². The van der Waals surface area contributed by atoms with E-state index in [0.29, 0.717) is 13.0 Å². The first-order valence-corrected chi connectivity index (χ1v) is 10.7. The minimum absolute atomic E-state index is 0.00788. The summed E-state index contributed by atoms with van der Waals surface area (Å²) in [6.07, 6.45) is 3.94. The first-order chi connectivity index (χ1) is 11.9. The molecule has 1 N–H and O–H groups in total. The first-order valence-electron chi connectivity index (χ1n) is 8.84. The molecule has 0 aromatic heterocycles. The number of amides is 2. The maximum atomic E-state index is 12.4. The highest BCUT2D eigenvalue weighted by Gasteiger charge is 2.37. The zero-order valence-corrected chi connectivity index (χ0v) is 14.8. The molecule has 1 aliphatic carbocycles. The van der Waals surface area contributed by atoms with Crippen LogP contribution >= 0.6 is 0 Å². The molecule has 0 saturated carbocycles. The fourth-order valence-electron chi connectivity index (χ4n) is 4.09. The van der Waals surface area contributed by atoms with Gasteiger partial charge in [0.05, 0.1) is 17.4 Å². The summed E-state index contributed by atoms with van der Waals surface area (Å²) in [6, 6.07) is 5.80. The van der Waals surface area contributed by atoms with E-state index in [1.165, 1.54) is 11.1 Å². The highest BCUT2D eigenvalue weighted by molar-refractivity contribution is 7.91. The number of anilines is 1. The van der Waals surface area contributed by atoms with Gasteiger partial charge in [0, 0.05) is 24.7 Å². The molecular weight excluding hydrogens is 340 g/mol. The summed E-state index contributed by atoms with van der Waals surface area (Å²) in [7, 11) is -3.03. The number of aryl methyl sites for hydroxylation is 2. The van der Waals surface area contributed by atoms with Crippen LogP contribution in [0.5, 0.6) is 0 Å². The Morgan fingerprint density at radius 2 is 2.00 bits per heavy atom. The standard InChI is InChI=1S/C18H22N2O4S/c21-17-9-14(18(22)19-15-6-7-25(23,24)11-15)10-20(17)16-5-4-12-2-1-3-13(12)8-16/h4-5,8,14-15H,1-3,6-7,9-11H2,(H,19,22)/t14-,15+/m0/s1. The number of nitrogens with zero attached hydrogens (tertiary/aromatic N) is 1. The second-order valence-electron chi connectivity index (χ2n) is 7.32. The van der Waals surface area contributed by atoms with Gasteiger partial charge in [0.15, 0.2) is 9.84 Å². The van der Waals surface area contributed by atoms with Gasteiger partial charge < -0.3 is 10.2 Å². The first kappa shape index (κ1) is 16.6. The van der Waals surface area contributed by atoms with Crippen LogP contribution in [0, 0.1) is 5.92 Å². The van der Waals surface area contributed by atoms with E-state index < -0.39 is 15.8 Å². The van der Waals surface area contributed by atoms with Crippen molar-refractivity contribution in [3.8, 4) is 0 Å². The molecule has 1 aromatic carbocycles. The van der Waals surface area contributed by atoms with Crippen LogP contribution in [-0.2, 0) is 32.3 Å². The lowest BCUT2D eigenvalue weighted by Crippen LogP contribution is -2.40. The van der Waals surface area contributed by atoms with Gasteiger partial charge in [0.25, 0.3) is 0 Å². The Bertz CT molecular complexity index is 833. The number of carbonyl (C=O) groups excluding carboxylic acids is 2. The molecule has 2 aliphatic heterocycles. The highest BCUT2D eigenvalue weighted by Crippen LogP contribution is 2.30. The van der Waals surface area contributed by atoms with E-state index in [0.717, 1.165) is 24.9 Å². The fourth-order valence-corrected chi connectivity index (χ4v) is 5.76. The van der Waals surface area contributed by atoms with Crippen molar-refractivity contribution in [2.24, 2.45) is 5.92 Å². The van der Waals surface area contributed by atoms with Crippen LogP contribution in [0.1, 0.15) is 30.4 Å². The lowest BCUT2D eigenvalue weighted by atomic mass is 10.1. The van der Waals surface area contributed by atoms with E-state index in [4.69, 9.17) is 0 Å². The number of fused-ring (bicyclic) bond motifs is 1. The van der Waals surface area contributed by atoms with Crippen molar-refractivity contribution in [3.05, 3.63) is 29.3 Å². The van der Waals surface area contributed by atoms with E-state index in [-0.39, 0.29) is 35.8 Å². The highest BCUT2D eigenvalue weighted by atomic mass is 32.2. The predicted molar refractivity (Wildman–Crippen MR) is 94.1 cm³/mol. The molecule has 7 heteroatoms. The molecule has 2 fully saturated rings. The molecule has 2 amide bonds. The number of carbonyl (C=O) groups is 2. The average molecular weight is 362 g/mol. The van der Waals surface area contributed by atoms with Gasteiger partial charge in [0.2, 0.25) is 11.8 Å². The third-order valence-corrected chi connectivity index (χ3v) is 7.24. The summed E-state index contributed by atoms with van der Waals surface area (Å²) in [6.45, 7) is 0.364. The maximum absolute atomic E-state index is 12.4. The zero-order chi connectivity index (χ0) is 17.6. The van der Waals surface area contributed by atoms with Gasteiger partial charge in [-0.1, -0.05) is 6.07 Å². The molecule has 0 bridgehead atoms. The summed E-state index contributed by atoms with van der Waals surface area (Å²) in [4.78, 5) is 26.5. The molecule has 2 atom stereocenters. The molecule has 6 nitrogen and oxygen atoms in total. The lowest BCUT2D eigenvalue weighted by Gasteiger charge is -2.18. The van der Waals surface area contributed by atoms with Crippen molar-refractivity contribution in [2.45, 2.75) is 38.1 Å². The maximum Gasteiger partial charge on any atom is 0.227 e. The van der Waals surface area contributed by atoms with Crippen molar-refractivity contribution in [1.29, 1.82) is 0 Å². The van der Waals surface area contributed by atoms with E-state index in [9.17, 15) is 18.0 Å². The quantitative estimate of drug-likeness (QED) is 0.863. The molecule has 2 saturated heterocycles. The average Bonchev–Trinajstić information content (AvgIpc) is 3.25. The summed E-state index contributed by atoms with van der Waals surface area (Å²) in [5.74, 6) is -0.531. The van der Waals surface area contributed by atoms with Crippen LogP contribution in [0.25, 0.3) is 0 Å². The molecule has 134 valence electrons. The number of sulfone groups is 1. The van der Waals surface area contributed by atoms with Gasteiger partial charge in [-0.3, -0.25) is 9.59 Å². The number of nitrogens with one attached hydrogen (secondary N) is 1. The number of hydrogen-bond acceptors (Lipinski definition) is 4. The second-order valence-corrected chi connectivity index (χ2v) is 9.55. The summed E-state index contributed by atoms with van der Waals surface area (Å²) >= 11 is 0. The number of rotatable bonds is 3. The molecule has 0 radical (unpaired) electrons. The van der Waals surface area contributed by atoms with Gasteiger partial charge in [-0.15, -0.1) is 0 Å². The smallest absolute Gasteiger partial charge is 0.227 e. The molecule has 25 heavy (non-hydrogen) atoms. The lowest BCUT2D eigenvalue weighted by molar-refractivity contribution is -0.126. The van der Waals surface area contributed by atoms with Crippen LogP contribution in [0.3, 0.4) is 0 Å². The Balaban J connectivity index is 1.42. The third-order valence-electron chi connectivity index (χ3n) is 5.47. The van der Waals surface area contributed by atoms with Gasteiger partial charge >= 0.3 is 0 Å². The second kappa shape index (κ2) is 6.12.